The van der Waals surface area contributed by atoms with Crippen molar-refractivity contribution in [3.63, 3.8) is 0 Å². The summed E-state index contributed by atoms with van der Waals surface area (Å²) in [5.41, 5.74) is 0. The van der Waals surface area contributed by atoms with E-state index in [0.29, 0.717) is 11.7 Å². The SMILES string of the molecule is O=C1CCNCC1CCC1CC1. The quantitative estimate of drug-likeness (QED) is 0.687. The Bertz CT molecular complexity index is 175. The maximum absolute atomic E-state index is 11.4. The molecule has 0 spiro atoms. The summed E-state index contributed by atoms with van der Waals surface area (Å²) in [7, 11) is 0. The highest BCUT2D eigenvalue weighted by Gasteiger charge is 2.26. The van der Waals surface area contributed by atoms with E-state index < -0.39 is 0 Å². The van der Waals surface area contributed by atoms with Gasteiger partial charge in [0.1, 0.15) is 5.78 Å². The second kappa shape index (κ2) is 3.56. The van der Waals surface area contributed by atoms with Crippen molar-refractivity contribution in [1.82, 2.24) is 5.32 Å². The van der Waals surface area contributed by atoms with Crippen molar-refractivity contribution >= 4 is 5.78 Å². The van der Waals surface area contributed by atoms with Crippen molar-refractivity contribution in [2.24, 2.45) is 11.8 Å². The number of rotatable bonds is 3. The zero-order chi connectivity index (χ0) is 8.39. The lowest BCUT2D eigenvalue weighted by Crippen LogP contribution is -2.36. The van der Waals surface area contributed by atoms with Crippen molar-refractivity contribution in [2.45, 2.75) is 32.1 Å². The third-order valence-corrected chi connectivity index (χ3v) is 3.01. The molecule has 2 nitrogen and oxygen atoms in total. The van der Waals surface area contributed by atoms with Gasteiger partial charge in [-0.1, -0.05) is 12.8 Å². The summed E-state index contributed by atoms with van der Waals surface area (Å²) in [5, 5.41) is 3.29. The van der Waals surface area contributed by atoms with Crippen molar-refractivity contribution in [3.05, 3.63) is 0 Å². The highest BCUT2D eigenvalue weighted by atomic mass is 16.1. The average Bonchev–Trinajstić information content (AvgIpc) is 2.86. The molecule has 2 heteroatoms. The van der Waals surface area contributed by atoms with E-state index in [1.807, 2.05) is 0 Å². The molecule has 2 rings (SSSR count). The average molecular weight is 167 g/mol. The van der Waals surface area contributed by atoms with Crippen molar-refractivity contribution in [3.8, 4) is 0 Å². The van der Waals surface area contributed by atoms with Gasteiger partial charge in [-0.25, -0.2) is 0 Å². The first kappa shape index (κ1) is 8.24. The molecule has 12 heavy (non-hydrogen) atoms. The van der Waals surface area contributed by atoms with Crippen LogP contribution in [0.3, 0.4) is 0 Å². The minimum atomic E-state index is 0.347. The van der Waals surface area contributed by atoms with Gasteiger partial charge in [0.15, 0.2) is 0 Å². The summed E-state index contributed by atoms with van der Waals surface area (Å²) in [4.78, 5) is 11.4. The minimum Gasteiger partial charge on any atom is -0.316 e. The second-order valence-electron chi connectivity index (χ2n) is 4.14. The molecule has 1 N–H and O–H groups in total. The number of hydrogen-bond donors (Lipinski definition) is 1. The van der Waals surface area contributed by atoms with Crippen LogP contribution >= 0.6 is 0 Å². The summed E-state index contributed by atoms with van der Waals surface area (Å²) in [6.07, 6.45) is 6.01. The fourth-order valence-electron chi connectivity index (χ4n) is 1.91. The molecule has 1 aliphatic carbocycles. The predicted molar refractivity (Wildman–Crippen MR) is 47.9 cm³/mol. The standard InChI is InChI=1S/C10H17NO/c12-10-5-6-11-7-9(10)4-3-8-1-2-8/h8-9,11H,1-7H2. The highest BCUT2D eigenvalue weighted by molar-refractivity contribution is 5.82. The molecule has 1 saturated carbocycles. The van der Waals surface area contributed by atoms with Gasteiger partial charge in [0.25, 0.3) is 0 Å². The molecule has 2 fully saturated rings. The molecular weight excluding hydrogens is 150 g/mol. The molecule has 0 aromatic rings. The van der Waals surface area contributed by atoms with Gasteiger partial charge in [-0.15, -0.1) is 0 Å². The van der Waals surface area contributed by atoms with Crippen LogP contribution in [0, 0.1) is 11.8 Å². The van der Waals surface area contributed by atoms with Gasteiger partial charge in [0.05, 0.1) is 0 Å². The lowest BCUT2D eigenvalue weighted by molar-refractivity contribution is -0.124. The van der Waals surface area contributed by atoms with E-state index in [1.54, 1.807) is 0 Å². The minimum absolute atomic E-state index is 0.347. The molecule has 1 saturated heterocycles. The molecule has 0 amide bonds. The van der Waals surface area contributed by atoms with Gasteiger partial charge in [-0.05, 0) is 18.8 Å². The Labute approximate surface area is 73.7 Å². The first-order chi connectivity index (χ1) is 5.86. The Balaban J connectivity index is 1.72. The summed E-state index contributed by atoms with van der Waals surface area (Å²) >= 11 is 0. The Morgan fingerprint density at radius 3 is 2.83 bits per heavy atom. The van der Waals surface area contributed by atoms with E-state index >= 15 is 0 Å². The van der Waals surface area contributed by atoms with Crippen LogP contribution in [0.2, 0.25) is 0 Å². The van der Waals surface area contributed by atoms with Gasteiger partial charge in [0.2, 0.25) is 0 Å². The van der Waals surface area contributed by atoms with Crippen LogP contribution in [0.25, 0.3) is 0 Å². The second-order valence-corrected chi connectivity index (χ2v) is 4.14. The summed E-state index contributed by atoms with van der Waals surface area (Å²) in [5.74, 6) is 1.81. The van der Waals surface area contributed by atoms with Gasteiger partial charge < -0.3 is 5.32 Å². The number of ketones is 1. The van der Waals surface area contributed by atoms with Crippen molar-refractivity contribution < 1.29 is 4.79 Å². The molecule has 1 heterocycles. The lowest BCUT2D eigenvalue weighted by Gasteiger charge is -2.21. The van der Waals surface area contributed by atoms with E-state index in [1.165, 1.54) is 19.3 Å². The maximum atomic E-state index is 11.4. The number of piperidine rings is 1. The third-order valence-electron chi connectivity index (χ3n) is 3.01. The molecule has 1 aliphatic heterocycles. The molecule has 0 radical (unpaired) electrons. The van der Waals surface area contributed by atoms with E-state index in [-0.39, 0.29) is 0 Å². The van der Waals surface area contributed by atoms with Crippen LogP contribution in [0.1, 0.15) is 32.1 Å². The molecule has 1 unspecified atom stereocenters. The number of carbonyl (C=O) groups is 1. The zero-order valence-electron chi connectivity index (χ0n) is 7.51. The van der Waals surface area contributed by atoms with Crippen LogP contribution < -0.4 is 5.32 Å². The van der Waals surface area contributed by atoms with Crippen LogP contribution in [0.15, 0.2) is 0 Å². The molecule has 0 aromatic heterocycles. The lowest BCUT2D eigenvalue weighted by atomic mass is 9.92. The number of hydrogen-bond acceptors (Lipinski definition) is 2. The van der Waals surface area contributed by atoms with E-state index in [4.69, 9.17) is 0 Å². The summed E-state index contributed by atoms with van der Waals surface area (Å²) < 4.78 is 0. The normalized spacial score (nSPS) is 30.7. The molecule has 0 bridgehead atoms. The van der Waals surface area contributed by atoms with E-state index in [9.17, 15) is 4.79 Å². The number of Topliss-reactive ketones (excluding diaryl/α,β-unsaturated/α-hetero) is 1. The Morgan fingerprint density at radius 1 is 1.33 bits per heavy atom. The Morgan fingerprint density at radius 2 is 2.17 bits per heavy atom. The van der Waals surface area contributed by atoms with Gasteiger partial charge in [-0.2, -0.15) is 0 Å². The van der Waals surface area contributed by atoms with Gasteiger partial charge in [0, 0.05) is 25.4 Å². The monoisotopic (exact) mass is 167 g/mol. The molecule has 2 aliphatic rings. The van der Waals surface area contributed by atoms with E-state index in [0.717, 1.165) is 31.8 Å². The predicted octanol–water partition coefficient (Wildman–Crippen LogP) is 1.36. The molecular formula is C10H17NO. The topological polar surface area (TPSA) is 29.1 Å². The van der Waals surface area contributed by atoms with Gasteiger partial charge >= 0.3 is 0 Å². The smallest absolute Gasteiger partial charge is 0.138 e. The number of nitrogens with one attached hydrogen (secondary N) is 1. The fourth-order valence-corrected chi connectivity index (χ4v) is 1.91. The first-order valence-electron chi connectivity index (χ1n) is 5.09. The van der Waals surface area contributed by atoms with Crippen LogP contribution in [-0.2, 0) is 4.79 Å². The van der Waals surface area contributed by atoms with Crippen LogP contribution in [0.5, 0.6) is 0 Å². The van der Waals surface area contributed by atoms with Gasteiger partial charge in [-0.3, -0.25) is 4.79 Å². The molecule has 68 valence electrons. The Hall–Kier alpha value is -0.370. The van der Waals surface area contributed by atoms with Crippen LogP contribution in [0.4, 0.5) is 0 Å². The molecule has 1 atom stereocenters. The third kappa shape index (κ3) is 2.07. The van der Waals surface area contributed by atoms with Crippen molar-refractivity contribution in [2.75, 3.05) is 13.1 Å². The largest absolute Gasteiger partial charge is 0.316 e. The summed E-state index contributed by atoms with van der Waals surface area (Å²) in [6, 6.07) is 0. The molecule has 0 aromatic carbocycles. The zero-order valence-corrected chi connectivity index (χ0v) is 7.51. The Kier molecular flexibility index (Phi) is 2.45. The van der Waals surface area contributed by atoms with Crippen LogP contribution in [-0.4, -0.2) is 18.9 Å². The fraction of sp³-hybridized carbons (Fsp3) is 0.900. The number of carbonyl (C=O) groups excluding carboxylic acids is 1. The van der Waals surface area contributed by atoms with Crippen molar-refractivity contribution in [1.29, 1.82) is 0 Å². The maximum Gasteiger partial charge on any atom is 0.138 e. The van der Waals surface area contributed by atoms with E-state index in [2.05, 4.69) is 5.32 Å². The highest BCUT2D eigenvalue weighted by Crippen LogP contribution is 2.34. The summed E-state index contributed by atoms with van der Waals surface area (Å²) in [6.45, 7) is 1.84. The first-order valence-corrected chi connectivity index (χ1v) is 5.09.